The molecule has 0 spiro atoms. The fourth-order valence-electron chi connectivity index (χ4n) is 1.96. The minimum Gasteiger partial charge on any atom is -0.496 e. The predicted molar refractivity (Wildman–Crippen MR) is 61.2 cm³/mol. The van der Waals surface area contributed by atoms with E-state index in [1.165, 1.54) is 6.92 Å². The standard InChI is InChI=1S/C13H14O4/c1-8(14)13(2)7-10-9(12(15)17-13)5-4-6-11(10)16-3/h4-6H,7H2,1-3H3. The van der Waals surface area contributed by atoms with E-state index in [0.717, 1.165) is 5.56 Å². The van der Waals surface area contributed by atoms with Gasteiger partial charge in [-0.1, -0.05) is 6.07 Å². The van der Waals surface area contributed by atoms with Crippen LogP contribution in [0.3, 0.4) is 0 Å². The molecule has 0 radical (unpaired) electrons. The molecule has 2 rings (SSSR count). The minimum absolute atomic E-state index is 0.164. The number of hydrogen-bond acceptors (Lipinski definition) is 4. The van der Waals surface area contributed by atoms with Crippen molar-refractivity contribution in [2.45, 2.75) is 25.9 Å². The highest BCUT2D eigenvalue weighted by molar-refractivity contribution is 5.98. The molecular formula is C13H14O4. The van der Waals surface area contributed by atoms with Crippen molar-refractivity contribution in [3.05, 3.63) is 29.3 Å². The molecule has 1 aliphatic heterocycles. The topological polar surface area (TPSA) is 52.6 Å². The first-order valence-electron chi connectivity index (χ1n) is 5.38. The number of hydrogen-bond donors (Lipinski definition) is 0. The maximum atomic E-state index is 11.8. The van der Waals surface area contributed by atoms with Gasteiger partial charge in [0.1, 0.15) is 5.75 Å². The number of Topliss-reactive ketones (excluding diaryl/α,β-unsaturated/α-hetero) is 1. The number of cyclic esters (lactones) is 1. The third-order valence-electron chi connectivity index (χ3n) is 3.15. The second kappa shape index (κ2) is 3.87. The van der Waals surface area contributed by atoms with Gasteiger partial charge < -0.3 is 9.47 Å². The molecule has 0 saturated heterocycles. The van der Waals surface area contributed by atoms with Crippen molar-refractivity contribution < 1.29 is 19.1 Å². The number of carbonyl (C=O) groups is 2. The van der Waals surface area contributed by atoms with Crippen LogP contribution in [0.5, 0.6) is 5.75 Å². The van der Waals surface area contributed by atoms with Gasteiger partial charge in [0.2, 0.25) is 0 Å². The van der Waals surface area contributed by atoms with Crippen LogP contribution in [0.4, 0.5) is 0 Å². The van der Waals surface area contributed by atoms with E-state index in [2.05, 4.69) is 0 Å². The van der Waals surface area contributed by atoms with Crippen LogP contribution in [0.1, 0.15) is 29.8 Å². The van der Waals surface area contributed by atoms with Crippen LogP contribution in [0.15, 0.2) is 18.2 Å². The quantitative estimate of drug-likeness (QED) is 0.731. The maximum absolute atomic E-state index is 11.8. The van der Waals surface area contributed by atoms with Gasteiger partial charge in [-0.15, -0.1) is 0 Å². The normalized spacial score (nSPS) is 22.6. The Labute approximate surface area is 99.5 Å². The highest BCUT2D eigenvalue weighted by atomic mass is 16.6. The van der Waals surface area contributed by atoms with Gasteiger partial charge >= 0.3 is 5.97 Å². The molecule has 4 heteroatoms. The minimum atomic E-state index is -1.08. The van der Waals surface area contributed by atoms with Crippen molar-refractivity contribution in [3.8, 4) is 5.75 Å². The first kappa shape index (κ1) is 11.6. The van der Waals surface area contributed by atoms with Crippen LogP contribution in [0, 0.1) is 0 Å². The van der Waals surface area contributed by atoms with E-state index in [1.807, 2.05) is 0 Å². The molecule has 1 aromatic rings. The van der Waals surface area contributed by atoms with Crippen LogP contribution in [-0.4, -0.2) is 24.5 Å². The van der Waals surface area contributed by atoms with E-state index in [9.17, 15) is 9.59 Å². The zero-order valence-corrected chi connectivity index (χ0v) is 10.1. The lowest BCUT2D eigenvalue weighted by Gasteiger charge is -2.32. The van der Waals surface area contributed by atoms with Crippen molar-refractivity contribution in [1.29, 1.82) is 0 Å². The molecule has 0 bridgehead atoms. The summed E-state index contributed by atoms with van der Waals surface area (Å²) in [4.78, 5) is 23.4. The molecule has 1 heterocycles. The first-order chi connectivity index (χ1) is 7.98. The summed E-state index contributed by atoms with van der Waals surface area (Å²) >= 11 is 0. The SMILES string of the molecule is COc1cccc2c1CC(C)(C(C)=O)OC2=O. The number of ketones is 1. The third-order valence-corrected chi connectivity index (χ3v) is 3.15. The van der Waals surface area contributed by atoms with E-state index >= 15 is 0 Å². The highest BCUT2D eigenvalue weighted by Crippen LogP contribution is 2.34. The van der Waals surface area contributed by atoms with Crippen LogP contribution in [-0.2, 0) is 16.0 Å². The summed E-state index contributed by atoms with van der Waals surface area (Å²) in [5.41, 5.74) is 0.130. The molecule has 0 N–H and O–H groups in total. The zero-order valence-electron chi connectivity index (χ0n) is 10.1. The Hall–Kier alpha value is -1.84. The summed E-state index contributed by atoms with van der Waals surface area (Å²) in [7, 11) is 1.54. The van der Waals surface area contributed by atoms with E-state index in [4.69, 9.17) is 9.47 Å². The molecule has 1 aromatic carbocycles. The molecule has 0 aromatic heterocycles. The summed E-state index contributed by atoms with van der Waals surface area (Å²) in [6.07, 6.45) is 0.355. The second-order valence-corrected chi connectivity index (χ2v) is 4.34. The van der Waals surface area contributed by atoms with Gasteiger partial charge in [-0.3, -0.25) is 4.79 Å². The van der Waals surface area contributed by atoms with Gasteiger partial charge in [0, 0.05) is 12.0 Å². The summed E-state index contributed by atoms with van der Waals surface area (Å²) in [5.74, 6) is -0.0168. The lowest BCUT2D eigenvalue weighted by atomic mass is 9.87. The van der Waals surface area contributed by atoms with Gasteiger partial charge in [0.25, 0.3) is 0 Å². The fraction of sp³-hybridized carbons (Fsp3) is 0.385. The number of benzene rings is 1. The predicted octanol–water partition coefficient (Wildman–Crippen LogP) is 1.76. The van der Waals surface area contributed by atoms with Gasteiger partial charge in [0.05, 0.1) is 12.7 Å². The van der Waals surface area contributed by atoms with Crippen molar-refractivity contribution in [2.75, 3.05) is 7.11 Å². The molecule has 0 amide bonds. The molecule has 4 nitrogen and oxygen atoms in total. The number of rotatable bonds is 2. The van der Waals surface area contributed by atoms with Crippen molar-refractivity contribution in [2.24, 2.45) is 0 Å². The Morgan fingerprint density at radius 1 is 1.47 bits per heavy atom. The third kappa shape index (κ3) is 1.79. The van der Waals surface area contributed by atoms with Crippen molar-refractivity contribution >= 4 is 11.8 Å². The van der Waals surface area contributed by atoms with Crippen LogP contribution >= 0.6 is 0 Å². The highest BCUT2D eigenvalue weighted by Gasteiger charge is 2.41. The van der Waals surface area contributed by atoms with Gasteiger partial charge in [-0.25, -0.2) is 4.79 Å². The van der Waals surface area contributed by atoms with Gasteiger partial charge in [0.15, 0.2) is 11.4 Å². The zero-order chi connectivity index (χ0) is 12.6. The van der Waals surface area contributed by atoms with E-state index in [-0.39, 0.29) is 5.78 Å². The Morgan fingerprint density at radius 2 is 2.18 bits per heavy atom. The summed E-state index contributed by atoms with van der Waals surface area (Å²) in [6, 6.07) is 5.19. The largest absolute Gasteiger partial charge is 0.496 e. The average molecular weight is 234 g/mol. The van der Waals surface area contributed by atoms with Gasteiger partial charge in [-0.2, -0.15) is 0 Å². The molecule has 90 valence electrons. The lowest BCUT2D eigenvalue weighted by Crippen LogP contribution is -2.44. The Morgan fingerprint density at radius 3 is 2.76 bits per heavy atom. The van der Waals surface area contributed by atoms with Crippen LogP contribution < -0.4 is 4.74 Å². The number of esters is 1. The second-order valence-electron chi connectivity index (χ2n) is 4.34. The Kier molecular flexibility index (Phi) is 2.65. The number of ether oxygens (including phenoxy) is 2. The lowest BCUT2D eigenvalue weighted by molar-refractivity contribution is -0.135. The van der Waals surface area contributed by atoms with E-state index in [1.54, 1.807) is 32.2 Å². The summed E-state index contributed by atoms with van der Waals surface area (Å²) in [6.45, 7) is 3.05. The van der Waals surface area contributed by atoms with E-state index in [0.29, 0.717) is 17.7 Å². The molecule has 1 atom stereocenters. The van der Waals surface area contributed by atoms with E-state index < -0.39 is 11.6 Å². The van der Waals surface area contributed by atoms with Crippen LogP contribution in [0.25, 0.3) is 0 Å². The number of fused-ring (bicyclic) bond motifs is 1. The number of methoxy groups -OCH3 is 1. The van der Waals surface area contributed by atoms with Crippen LogP contribution in [0.2, 0.25) is 0 Å². The smallest absolute Gasteiger partial charge is 0.339 e. The molecule has 0 aliphatic carbocycles. The fourth-order valence-corrected chi connectivity index (χ4v) is 1.96. The monoisotopic (exact) mass is 234 g/mol. The van der Waals surface area contributed by atoms with Gasteiger partial charge in [-0.05, 0) is 26.0 Å². The Bertz CT molecular complexity index is 492. The number of carbonyl (C=O) groups excluding carboxylic acids is 2. The maximum Gasteiger partial charge on any atom is 0.339 e. The van der Waals surface area contributed by atoms with Crippen molar-refractivity contribution in [3.63, 3.8) is 0 Å². The summed E-state index contributed by atoms with van der Waals surface area (Å²) in [5, 5.41) is 0. The molecule has 1 aliphatic rings. The average Bonchev–Trinajstić information content (AvgIpc) is 2.28. The summed E-state index contributed by atoms with van der Waals surface area (Å²) < 4.78 is 10.4. The Balaban J connectivity index is 2.55. The molecule has 0 saturated carbocycles. The first-order valence-corrected chi connectivity index (χ1v) is 5.38. The molecular weight excluding hydrogens is 220 g/mol. The molecule has 1 unspecified atom stereocenters. The molecule has 0 fully saturated rings. The molecule has 17 heavy (non-hydrogen) atoms. The van der Waals surface area contributed by atoms with Crippen molar-refractivity contribution in [1.82, 2.24) is 0 Å².